The van der Waals surface area contributed by atoms with Crippen LogP contribution in [0, 0.1) is 5.92 Å². The zero-order valence-electron chi connectivity index (χ0n) is 9.03. The summed E-state index contributed by atoms with van der Waals surface area (Å²) in [5, 5.41) is 3.24. The van der Waals surface area contributed by atoms with E-state index < -0.39 is 5.67 Å². The lowest BCUT2D eigenvalue weighted by atomic mass is 9.78. The summed E-state index contributed by atoms with van der Waals surface area (Å²) >= 11 is 0. The highest BCUT2D eigenvalue weighted by Gasteiger charge is 2.34. The molecule has 0 unspecified atom stereocenters. The van der Waals surface area contributed by atoms with Crippen molar-refractivity contribution >= 4 is 0 Å². The van der Waals surface area contributed by atoms with Gasteiger partial charge in [-0.05, 0) is 38.3 Å². The molecule has 82 valence electrons. The second-order valence-corrected chi connectivity index (χ2v) is 5.11. The summed E-state index contributed by atoms with van der Waals surface area (Å²) in [5.74, 6) is 0.687. The van der Waals surface area contributed by atoms with E-state index in [9.17, 15) is 4.39 Å². The van der Waals surface area contributed by atoms with Gasteiger partial charge in [-0.1, -0.05) is 32.1 Å². The number of piperidine rings is 1. The van der Waals surface area contributed by atoms with Crippen LogP contribution in [0.15, 0.2) is 0 Å². The highest BCUT2D eigenvalue weighted by Crippen LogP contribution is 2.36. The molecule has 2 fully saturated rings. The fraction of sp³-hybridized carbons (Fsp3) is 1.00. The third kappa shape index (κ3) is 2.69. The van der Waals surface area contributed by atoms with Crippen LogP contribution < -0.4 is 5.32 Å². The van der Waals surface area contributed by atoms with Gasteiger partial charge in [0.25, 0.3) is 0 Å². The summed E-state index contributed by atoms with van der Waals surface area (Å²) in [5.41, 5.74) is -0.826. The van der Waals surface area contributed by atoms with Gasteiger partial charge in [-0.3, -0.25) is 0 Å². The Morgan fingerprint density at radius 1 is 1.07 bits per heavy atom. The Bertz CT molecular complexity index is 169. The molecule has 1 nitrogen and oxygen atoms in total. The monoisotopic (exact) mass is 199 g/mol. The molecule has 0 radical (unpaired) electrons. The molecule has 0 aromatic rings. The molecule has 0 spiro atoms. The number of nitrogens with one attached hydrogen (secondary N) is 1. The summed E-state index contributed by atoms with van der Waals surface area (Å²) < 4.78 is 14.3. The molecular formula is C12H22FN. The van der Waals surface area contributed by atoms with Crippen LogP contribution in [0.5, 0.6) is 0 Å². The minimum atomic E-state index is -0.826. The SMILES string of the molecule is FC1(CC2CCCCC2)CCNCC1. The standard InChI is InChI=1S/C12H22FN/c13-12(6-8-14-9-7-12)10-11-4-2-1-3-5-11/h11,14H,1-10H2. The molecule has 14 heavy (non-hydrogen) atoms. The normalized spacial score (nSPS) is 28.9. The summed E-state index contributed by atoms with van der Waals surface area (Å²) in [6.07, 6.45) is 8.91. The third-order valence-electron chi connectivity index (χ3n) is 3.88. The van der Waals surface area contributed by atoms with Gasteiger partial charge in [-0.15, -0.1) is 0 Å². The first kappa shape index (κ1) is 10.4. The number of halogens is 1. The molecule has 2 aliphatic rings. The van der Waals surface area contributed by atoms with Gasteiger partial charge in [0, 0.05) is 0 Å². The second kappa shape index (κ2) is 4.61. The number of alkyl halides is 1. The summed E-state index contributed by atoms with van der Waals surface area (Å²) in [6, 6.07) is 0. The maximum absolute atomic E-state index is 14.3. The zero-order valence-corrected chi connectivity index (χ0v) is 9.03. The molecule has 1 aliphatic heterocycles. The first-order chi connectivity index (χ1) is 6.79. The molecule has 1 saturated heterocycles. The van der Waals surface area contributed by atoms with Crippen molar-refractivity contribution in [2.75, 3.05) is 13.1 Å². The van der Waals surface area contributed by atoms with Gasteiger partial charge in [0.2, 0.25) is 0 Å². The fourth-order valence-corrected chi connectivity index (χ4v) is 2.99. The van der Waals surface area contributed by atoms with E-state index in [4.69, 9.17) is 0 Å². The molecular weight excluding hydrogens is 177 g/mol. The molecule has 1 heterocycles. The second-order valence-electron chi connectivity index (χ2n) is 5.11. The largest absolute Gasteiger partial charge is 0.316 e. The first-order valence-electron chi connectivity index (χ1n) is 6.18. The predicted octanol–water partition coefficient (Wildman–Crippen LogP) is 3.05. The van der Waals surface area contributed by atoms with Gasteiger partial charge >= 0.3 is 0 Å². The molecule has 0 bridgehead atoms. The third-order valence-corrected chi connectivity index (χ3v) is 3.88. The van der Waals surface area contributed by atoms with Crippen LogP contribution in [-0.2, 0) is 0 Å². The van der Waals surface area contributed by atoms with Crippen LogP contribution in [0.1, 0.15) is 51.4 Å². The van der Waals surface area contributed by atoms with Crippen LogP contribution in [-0.4, -0.2) is 18.8 Å². The van der Waals surface area contributed by atoms with E-state index >= 15 is 0 Å². The summed E-state index contributed by atoms with van der Waals surface area (Å²) in [7, 11) is 0. The Kier molecular flexibility index (Phi) is 3.42. The Hall–Kier alpha value is -0.110. The van der Waals surface area contributed by atoms with Crippen molar-refractivity contribution < 1.29 is 4.39 Å². The summed E-state index contributed by atoms with van der Waals surface area (Å²) in [6.45, 7) is 1.76. The average molecular weight is 199 g/mol. The van der Waals surface area contributed by atoms with Crippen LogP contribution in [0.2, 0.25) is 0 Å². The van der Waals surface area contributed by atoms with E-state index in [-0.39, 0.29) is 0 Å². The predicted molar refractivity (Wildman–Crippen MR) is 57.1 cm³/mol. The van der Waals surface area contributed by atoms with Gasteiger partial charge in [0.05, 0.1) is 0 Å². The lowest BCUT2D eigenvalue weighted by molar-refractivity contribution is 0.0742. The molecule has 0 atom stereocenters. The molecule has 0 aromatic heterocycles. The maximum atomic E-state index is 14.3. The Balaban J connectivity index is 1.81. The molecule has 0 amide bonds. The Morgan fingerprint density at radius 3 is 2.36 bits per heavy atom. The molecule has 1 saturated carbocycles. The molecule has 2 rings (SSSR count). The van der Waals surface area contributed by atoms with Crippen molar-refractivity contribution in [2.24, 2.45) is 5.92 Å². The number of rotatable bonds is 2. The topological polar surface area (TPSA) is 12.0 Å². The highest BCUT2D eigenvalue weighted by molar-refractivity contribution is 4.87. The van der Waals surface area contributed by atoms with Crippen molar-refractivity contribution in [1.82, 2.24) is 5.32 Å². The van der Waals surface area contributed by atoms with Crippen molar-refractivity contribution in [2.45, 2.75) is 57.0 Å². The molecule has 1 aliphatic carbocycles. The molecule has 0 aromatic carbocycles. The Labute approximate surface area is 86.5 Å². The maximum Gasteiger partial charge on any atom is 0.113 e. The highest BCUT2D eigenvalue weighted by atomic mass is 19.1. The van der Waals surface area contributed by atoms with Gasteiger partial charge in [0.15, 0.2) is 0 Å². The van der Waals surface area contributed by atoms with E-state index in [1.165, 1.54) is 32.1 Å². The van der Waals surface area contributed by atoms with Crippen molar-refractivity contribution in [3.8, 4) is 0 Å². The quantitative estimate of drug-likeness (QED) is 0.720. The number of hydrogen-bond acceptors (Lipinski definition) is 1. The van der Waals surface area contributed by atoms with Crippen molar-refractivity contribution in [3.05, 3.63) is 0 Å². The lowest BCUT2D eigenvalue weighted by Crippen LogP contribution is -2.40. The smallest absolute Gasteiger partial charge is 0.113 e. The number of hydrogen-bond donors (Lipinski definition) is 1. The molecule has 2 heteroatoms. The fourth-order valence-electron chi connectivity index (χ4n) is 2.99. The van der Waals surface area contributed by atoms with Crippen molar-refractivity contribution in [1.29, 1.82) is 0 Å². The van der Waals surface area contributed by atoms with E-state index in [0.717, 1.165) is 32.4 Å². The molecule has 1 N–H and O–H groups in total. The average Bonchev–Trinajstić information content (AvgIpc) is 2.19. The van der Waals surface area contributed by atoms with Crippen molar-refractivity contribution in [3.63, 3.8) is 0 Å². The van der Waals surface area contributed by atoms with Crippen LogP contribution in [0.4, 0.5) is 4.39 Å². The van der Waals surface area contributed by atoms with Crippen LogP contribution >= 0.6 is 0 Å². The van der Waals surface area contributed by atoms with Gasteiger partial charge in [0.1, 0.15) is 5.67 Å². The van der Waals surface area contributed by atoms with Gasteiger partial charge < -0.3 is 5.32 Å². The van der Waals surface area contributed by atoms with E-state index in [0.29, 0.717) is 5.92 Å². The van der Waals surface area contributed by atoms with E-state index in [1.54, 1.807) is 0 Å². The zero-order chi connectivity index (χ0) is 9.86. The van der Waals surface area contributed by atoms with E-state index in [1.807, 2.05) is 0 Å². The van der Waals surface area contributed by atoms with Gasteiger partial charge in [-0.25, -0.2) is 4.39 Å². The minimum absolute atomic E-state index is 0.687. The van der Waals surface area contributed by atoms with Gasteiger partial charge in [-0.2, -0.15) is 0 Å². The van der Waals surface area contributed by atoms with E-state index in [2.05, 4.69) is 5.32 Å². The Morgan fingerprint density at radius 2 is 1.71 bits per heavy atom. The minimum Gasteiger partial charge on any atom is -0.316 e. The van der Waals surface area contributed by atoms with Crippen LogP contribution in [0.25, 0.3) is 0 Å². The summed E-state index contributed by atoms with van der Waals surface area (Å²) in [4.78, 5) is 0. The first-order valence-corrected chi connectivity index (χ1v) is 6.18. The van der Waals surface area contributed by atoms with Crippen LogP contribution in [0.3, 0.4) is 0 Å². The lowest BCUT2D eigenvalue weighted by Gasteiger charge is -2.34.